The van der Waals surface area contributed by atoms with E-state index in [1.807, 2.05) is 4.90 Å². The van der Waals surface area contributed by atoms with Crippen LogP contribution in [0, 0.1) is 16.0 Å². The molecule has 1 fully saturated rings. The Morgan fingerprint density at radius 1 is 1.25 bits per heavy atom. The highest BCUT2D eigenvalue weighted by atomic mass is 32.2. The molecule has 2 aliphatic heterocycles. The number of halogens is 3. The van der Waals surface area contributed by atoms with Gasteiger partial charge in [0.1, 0.15) is 5.84 Å². The smallest absolute Gasteiger partial charge is 0.307 e. The van der Waals surface area contributed by atoms with E-state index in [2.05, 4.69) is 9.98 Å². The first-order valence-electron chi connectivity index (χ1n) is 9.24. The highest BCUT2D eigenvalue weighted by Crippen LogP contribution is 2.43. The maximum atomic E-state index is 13.1. The van der Waals surface area contributed by atoms with E-state index in [9.17, 15) is 23.3 Å². The maximum absolute atomic E-state index is 13.1. The Labute approximate surface area is 164 Å². The van der Waals surface area contributed by atoms with Gasteiger partial charge in [-0.1, -0.05) is 25.7 Å². The molecule has 0 saturated heterocycles. The van der Waals surface area contributed by atoms with Crippen LogP contribution in [0.15, 0.2) is 27.0 Å². The average molecular weight is 412 g/mol. The second-order valence-electron chi connectivity index (χ2n) is 7.24. The number of nitro groups is 1. The largest absolute Gasteiger partial charge is 0.416 e. The molecular weight excluding hydrogens is 393 g/mol. The Hall–Kier alpha value is -2.10. The minimum atomic E-state index is -4.63. The van der Waals surface area contributed by atoms with Gasteiger partial charge in [0.2, 0.25) is 0 Å². The number of amidine groups is 2. The number of benzene rings is 1. The van der Waals surface area contributed by atoms with E-state index < -0.39 is 22.4 Å². The van der Waals surface area contributed by atoms with Crippen molar-refractivity contribution in [3.8, 4) is 0 Å². The number of fused-ring (bicyclic) bond motifs is 1. The quantitative estimate of drug-likeness (QED) is 0.525. The third-order valence-corrected chi connectivity index (χ3v) is 6.56. The van der Waals surface area contributed by atoms with E-state index in [-0.39, 0.29) is 17.0 Å². The zero-order chi connectivity index (χ0) is 19.9. The van der Waals surface area contributed by atoms with Crippen molar-refractivity contribution in [1.82, 2.24) is 4.90 Å². The van der Waals surface area contributed by atoms with Gasteiger partial charge in [-0.25, -0.2) is 0 Å². The molecular formula is C18H19F3N4O2S. The van der Waals surface area contributed by atoms with Crippen LogP contribution in [0.1, 0.15) is 43.2 Å². The number of alkyl halides is 3. The molecule has 0 bridgehead atoms. The summed E-state index contributed by atoms with van der Waals surface area (Å²) < 4.78 is 39.2. The van der Waals surface area contributed by atoms with Gasteiger partial charge in [0.25, 0.3) is 5.69 Å². The Balaban J connectivity index is 1.60. The van der Waals surface area contributed by atoms with Crippen molar-refractivity contribution in [2.24, 2.45) is 15.9 Å². The second-order valence-corrected chi connectivity index (χ2v) is 8.22. The first kappa shape index (κ1) is 19.2. The van der Waals surface area contributed by atoms with E-state index >= 15 is 0 Å². The molecule has 4 rings (SSSR count). The van der Waals surface area contributed by atoms with Gasteiger partial charge in [-0.2, -0.15) is 13.2 Å². The summed E-state index contributed by atoms with van der Waals surface area (Å²) in [5.41, 5.74) is -1.29. The summed E-state index contributed by atoms with van der Waals surface area (Å²) >= 11 is 1.08. The molecule has 28 heavy (non-hydrogen) atoms. The molecule has 10 heteroatoms. The topological polar surface area (TPSA) is 71.1 Å². The fraction of sp³-hybridized carbons (Fsp3) is 0.556. The van der Waals surface area contributed by atoms with Crippen LogP contribution in [0.4, 0.5) is 18.9 Å². The highest BCUT2D eigenvalue weighted by molar-refractivity contribution is 8.14. The summed E-state index contributed by atoms with van der Waals surface area (Å²) in [5, 5.41) is 12.0. The Morgan fingerprint density at radius 2 is 2.00 bits per heavy atom. The van der Waals surface area contributed by atoms with Gasteiger partial charge in [0.15, 0.2) is 5.17 Å². The lowest BCUT2D eigenvalue weighted by Gasteiger charge is -2.26. The average Bonchev–Trinajstić information content (AvgIpc) is 3.32. The zero-order valence-corrected chi connectivity index (χ0v) is 15.9. The van der Waals surface area contributed by atoms with E-state index in [0.717, 1.165) is 30.1 Å². The number of nitro benzene ring substituents is 1. The van der Waals surface area contributed by atoms with Crippen LogP contribution in [0.2, 0.25) is 0 Å². The van der Waals surface area contributed by atoms with Crippen LogP contribution in [-0.2, 0) is 12.7 Å². The molecule has 1 aromatic carbocycles. The number of aliphatic imine (C=N–C) groups is 2. The van der Waals surface area contributed by atoms with Crippen LogP contribution in [0.3, 0.4) is 0 Å². The van der Waals surface area contributed by atoms with Crippen molar-refractivity contribution < 1.29 is 18.1 Å². The highest BCUT2D eigenvalue weighted by Gasteiger charge is 2.37. The van der Waals surface area contributed by atoms with Gasteiger partial charge in [0, 0.05) is 19.0 Å². The lowest BCUT2D eigenvalue weighted by molar-refractivity contribution is -0.388. The Bertz CT molecular complexity index is 863. The van der Waals surface area contributed by atoms with Crippen molar-refractivity contribution in [2.75, 3.05) is 13.1 Å². The minimum absolute atomic E-state index is 0.00433. The molecule has 0 N–H and O–H groups in total. The zero-order valence-electron chi connectivity index (χ0n) is 15.0. The van der Waals surface area contributed by atoms with E-state index in [1.54, 1.807) is 0 Å². The lowest BCUT2D eigenvalue weighted by Crippen LogP contribution is -2.34. The first-order valence-corrected chi connectivity index (χ1v) is 10.1. The monoisotopic (exact) mass is 412 g/mol. The summed E-state index contributed by atoms with van der Waals surface area (Å²) in [5.74, 6) is 1.54. The number of rotatable bonds is 3. The first-order chi connectivity index (χ1) is 13.3. The summed E-state index contributed by atoms with van der Waals surface area (Å²) in [6, 6.07) is 1.58. The molecule has 0 aromatic heterocycles. The van der Waals surface area contributed by atoms with Crippen LogP contribution in [-0.4, -0.2) is 33.9 Å². The van der Waals surface area contributed by atoms with E-state index in [0.29, 0.717) is 30.2 Å². The van der Waals surface area contributed by atoms with Gasteiger partial charge < -0.3 is 4.90 Å². The van der Waals surface area contributed by atoms with Crippen molar-refractivity contribution in [2.45, 2.75) is 49.7 Å². The predicted molar refractivity (Wildman–Crippen MR) is 101 cm³/mol. The standard InChI is InChI=1S/C18H19F3N4O2S/c19-18(20,21)13-8-12-10-23-17(28-16(12)14(9-13)25(26)27)24-6-5-22-15(24)7-11-3-1-2-4-11/h8-9,11H,1-7,10H2. The summed E-state index contributed by atoms with van der Waals surface area (Å²) in [6.45, 7) is 1.29. The van der Waals surface area contributed by atoms with Crippen LogP contribution < -0.4 is 0 Å². The van der Waals surface area contributed by atoms with Crippen LogP contribution >= 0.6 is 11.8 Å². The third kappa shape index (κ3) is 3.74. The fourth-order valence-corrected chi connectivity index (χ4v) is 5.08. The van der Waals surface area contributed by atoms with Gasteiger partial charge in [-0.3, -0.25) is 20.1 Å². The van der Waals surface area contributed by atoms with Crippen LogP contribution in [0.25, 0.3) is 0 Å². The molecule has 1 saturated carbocycles. The molecule has 0 unspecified atom stereocenters. The molecule has 6 nitrogen and oxygen atoms in total. The molecule has 0 amide bonds. The van der Waals surface area contributed by atoms with Crippen molar-refractivity contribution >= 4 is 28.5 Å². The summed E-state index contributed by atoms with van der Waals surface area (Å²) in [4.78, 5) is 21.9. The number of hydrogen-bond donors (Lipinski definition) is 0. The minimum Gasteiger partial charge on any atom is -0.307 e. The van der Waals surface area contributed by atoms with Crippen molar-refractivity contribution in [3.63, 3.8) is 0 Å². The molecule has 0 spiro atoms. The van der Waals surface area contributed by atoms with Gasteiger partial charge in [-0.05, 0) is 29.3 Å². The lowest BCUT2D eigenvalue weighted by atomic mass is 10.0. The summed E-state index contributed by atoms with van der Waals surface area (Å²) in [7, 11) is 0. The summed E-state index contributed by atoms with van der Waals surface area (Å²) in [6.07, 6.45) is 1.05. The fourth-order valence-electron chi connectivity index (χ4n) is 3.97. The SMILES string of the molecule is O=[N+]([O-])c1cc(C(F)(F)F)cc2c1SC(N1CCN=C1CC1CCCC1)=NC2. The van der Waals surface area contributed by atoms with Gasteiger partial charge in [-0.15, -0.1) is 0 Å². The third-order valence-electron chi connectivity index (χ3n) is 5.35. The molecule has 1 aliphatic carbocycles. The molecule has 0 atom stereocenters. The molecule has 3 aliphatic rings. The molecule has 1 aromatic rings. The molecule has 150 valence electrons. The number of nitrogens with zero attached hydrogens (tertiary/aromatic N) is 4. The predicted octanol–water partition coefficient (Wildman–Crippen LogP) is 4.87. The number of thioether (sulfide) groups is 1. The number of hydrogen-bond acceptors (Lipinski definition) is 6. The van der Waals surface area contributed by atoms with Crippen LogP contribution in [0.5, 0.6) is 0 Å². The normalized spacial score (nSPS) is 20.2. The Morgan fingerprint density at radius 3 is 2.68 bits per heavy atom. The van der Waals surface area contributed by atoms with Gasteiger partial charge >= 0.3 is 6.18 Å². The van der Waals surface area contributed by atoms with E-state index in [1.165, 1.54) is 25.7 Å². The maximum Gasteiger partial charge on any atom is 0.416 e. The Kier molecular flexibility index (Phi) is 5.07. The molecule has 2 heterocycles. The van der Waals surface area contributed by atoms with Crippen molar-refractivity contribution in [3.05, 3.63) is 33.4 Å². The second kappa shape index (κ2) is 7.38. The van der Waals surface area contributed by atoms with Gasteiger partial charge in [0.05, 0.1) is 28.5 Å². The van der Waals surface area contributed by atoms with Crippen molar-refractivity contribution in [1.29, 1.82) is 0 Å². The molecule has 0 radical (unpaired) electrons. The van der Waals surface area contributed by atoms with E-state index in [4.69, 9.17) is 0 Å².